The second kappa shape index (κ2) is 32.2. The van der Waals surface area contributed by atoms with Gasteiger partial charge in [-0.25, -0.2) is 0 Å². The van der Waals surface area contributed by atoms with E-state index < -0.39 is 11.9 Å². The largest absolute Gasteiger partial charge is 0.368 e. The molecule has 12 nitrogen and oxygen atoms in total. The Balaban J connectivity index is 3.81. The zero-order valence-corrected chi connectivity index (χ0v) is 35.0. The monoisotopic (exact) mass is 745 g/mol. The number of unbranched alkanes of at least 4 members (excludes halogenated alkanes) is 18. The lowest BCUT2D eigenvalue weighted by molar-refractivity contribution is -0.547. The Hall–Kier alpha value is -1.09. The van der Waals surface area contributed by atoms with Crippen molar-refractivity contribution in [3.05, 3.63) is 0 Å². The van der Waals surface area contributed by atoms with Crippen LogP contribution in [0.2, 0.25) is 0 Å². The molecule has 2 atom stereocenters. The first kappa shape index (κ1) is 48.9. The van der Waals surface area contributed by atoms with Crippen molar-refractivity contribution in [1.29, 1.82) is 0 Å². The summed E-state index contributed by atoms with van der Waals surface area (Å²) in [6, 6.07) is 0. The van der Waals surface area contributed by atoms with Gasteiger partial charge in [0.2, 0.25) is 5.96 Å². The third kappa shape index (κ3) is 18.5. The summed E-state index contributed by atoms with van der Waals surface area (Å²) in [4.78, 5) is 31.2. The highest BCUT2D eigenvalue weighted by atomic mass is 16.9. The summed E-state index contributed by atoms with van der Waals surface area (Å²) in [6.07, 6.45) is 25.1. The zero-order valence-electron chi connectivity index (χ0n) is 35.0. The van der Waals surface area contributed by atoms with Crippen molar-refractivity contribution in [2.75, 3.05) is 46.7 Å². The second-order valence-corrected chi connectivity index (χ2v) is 14.2. The summed E-state index contributed by atoms with van der Waals surface area (Å²) in [5.41, 5.74) is 10.2. The topological polar surface area (TPSA) is 116 Å². The fraction of sp³-hybridized carbons (Fsp3) is 0.975. The van der Waals surface area contributed by atoms with Crippen LogP contribution in [0.15, 0.2) is 4.99 Å². The first-order valence-electron chi connectivity index (χ1n) is 21.7. The quantitative estimate of drug-likeness (QED) is 0.0358. The number of guanidine groups is 1. The van der Waals surface area contributed by atoms with Crippen LogP contribution in [0, 0.1) is 0 Å². The van der Waals surface area contributed by atoms with E-state index in [1.807, 2.05) is 7.05 Å². The third-order valence-corrected chi connectivity index (χ3v) is 9.31. The predicted molar refractivity (Wildman–Crippen MR) is 212 cm³/mol. The molecule has 1 heterocycles. The Morgan fingerprint density at radius 3 is 1.46 bits per heavy atom. The highest BCUT2D eigenvalue weighted by molar-refractivity contribution is 5.78. The van der Waals surface area contributed by atoms with Gasteiger partial charge in [-0.2, -0.15) is 10.1 Å². The lowest BCUT2D eigenvalue weighted by Crippen LogP contribution is -2.82. The molecular formula is C40H84N6O6. The van der Waals surface area contributed by atoms with Crippen molar-refractivity contribution in [1.82, 2.24) is 20.7 Å². The van der Waals surface area contributed by atoms with Crippen molar-refractivity contribution in [3.8, 4) is 0 Å². The molecule has 0 amide bonds. The molecule has 0 aromatic rings. The number of hydrogen-bond acceptors (Lipinski definition) is 12. The van der Waals surface area contributed by atoms with E-state index in [1.54, 1.807) is 15.2 Å². The maximum absolute atomic E-state index is 7.04. The Bertz CT molecular complexity index is 844. The SMILES string of the molecule is CCCCCCONC1(OCCCCCC)N=C(N)N(OCCCCCC)C(OCCCCCC)(N(C)OCCCCCC)N1OCCCCCC. The van der Waals surface area contributed by atoms with E-state index in [9.17, 15) is 0 Å². The van der Waals surface area contributed by atoms with Crippen LogP contribution in [0.1, 0.15) is 196 Å². The molecule has 0 saturated carbocycles. The number of ether oxygens (including phenoxy) is 2. The van der Waals surface area contributed by atoms with E-state index in [1.165, 1.54) is 0 Å². The summed E-state index contributed by atoms with van der Waals surface area (Å²) in [7, 11) is 1.86. The lowest BCUT2D eigenvalue weighted by Gasteiger charge is -2.56. The van der Waals surface area contributed by atoms with E-state index in [2.05, 4.69) is 47.0 Å². The molecule has 52 heavy (non-hydrogen) atoms. The molecule has 0 saturated heterocycles. The van der Waals surface area contributed by atoms with Gasteiger partial charge in [0.25, 0.3) is 0 Å². The molecule has 1 rings (SSSR count). The van der Waals surface area contributed by atoms with Crippen molar-refractivity contribution < 1.29 is 28.8 Å². The summed E-state index contributed by atoms with van der Waals surface area (Å²) in [5, 5.41) is 4.86. The van der Waals surface area contributed by atoms with Crippen LogP contribution >= 0.6 is 0 Å². The highest BCUT2D eigenvalue weighted by Crippen LogP contribution is 2.39. The van der Waals surface area contributed by atoms with Gasteiger partial charge in [0.1, 0.15) is 0 Å². The van der Waals surface area contributed by atoms with Crippen LogP contribution in [0.3, 0.4) is 0 Å². The van der Waals surface area contributed by atoms with Crippen LogP contribution in [0.4, 0.5) is 0 Å². The predicted octanol–water partition coefficient (Wildman–Crippen LogP) is 9.90. The summed E-state index contributed by atoms with van der Waals surface area (Å²) >= 11 is 0. The van der Waals surface area contributed by atoms with Gasteiger partial charge in [0.15, 0.2) is 0 Å². The zero-order chi connectivity index (χ0) is 38.2. The van der Waals surface area contributed by atoms with Gasteiger partial charge in [-0.1, -0.05) is 162 Å². The van der Waals surface area contributed by atoms with Gasteiger partial charge in [-0.15, -0.1) is 10.5 Å². The number of aliphatic imine (C=N–C) groups is 1. The smallest absolute Gasteiger partial charge is 0.340 e. The molecular weight excluding hydrogens is 660 g/mol. The van der Waals surface area contributed by atoms with Crippen molar-refractivity contribution in [2.45, 2.75) is 208 Å². The Morgan fingerprint density at radius 1 is 0.538 bits per heavy atom. The van der Waals surface area contributed by atoms with Gasteiger partial charge in [0.05, 0.1) is 39.6 Å². The Morgan fingerprint density at radius 2 is 0.962 bits per heavy atom. The van der Waals surface area contributed by atoms with E-state index in [0.717, 1.165) is 154 Å². The molecule has 2 unspecified atom stereocenters. The van der Waals surface area contributed by atoms with E-state index in [4.69, 9.17) is 39.6 Å². The summed E-state index contributed by atoms with van der Waals surface area (Å²) in [6.45, 7) is 15.9. The fourth-order valence-electron chi connectivity index (χ4n) is 6.06. The first-order valence-corrected chi connectivity index (χ1v) is 21.7. The third-order valence-electron chi connectivity index (χ3n) is 9.31. The molecule has 1 aliphatic rings. The van der Waals surface area contributed by atoms with Crippen molar-refractivity contribution >= 4 is 5.96 Å². The number of rotatable bonds is 38. The Kier molecular flexibility index (Phi) is 30.3. The minimum absolute atomic E-state index is 0.0898. The number of nitrogens with two attached hydrogens (primary N) is 1. The molecule has 12 heteroatoms. The van der Waals surface area contributed by atoms with E-state index in [0.29, 0.717) is 39.6 Å². The van der Waals surface area contributed by atoms with Gasteiger partial charge < -0.3 is 15.2 Å². The molecule has 1 aliphatic heterocycles. The molecule has 0 radical (unpaired) electrons. The average molecular weight is 745 g/mol. The average Bonchev–Trinajstić information content (AvgIpc) is 3.14. The lowest BCUT2D eigenvalue weighted by atomic mass is 10.2. The van der Waals surface area contributed by atoms with Crippen LogP contribution in [0.25, 0.3) is 0 Å². The molecule has 3 N–H and O–H groups in total. The number of nitrogens with one attached hydrogen (secondary N) is 1. The van der Waals surface area contributed by atoms with Gasteiger partial charge >= 0.3 is 11.9 Å². The highest BCUT2D eigenvalue weighted by Gasteiger charge is 2.65. The van der Waals surface area contributed by atoms with E-state index >= 15 is 0 Å². The standard InChI is InChI=1S/C40H84N6O6/c1-8-14-20-26-32-47-39(43-49-34-28-22-16-10-3)42-38(41)45(51-36-30-24-18-12-5)40(48-33-27-21-15-9-2,44(7)50-35-29-23-17-11-4)46(39)52-37-31-25-19-13-6/h43H,8-37H2,1-7H3,(H2,41,42). The minimum atomic E-state index is -1.68. The number of nitrogens with zero attached hydrogens (tertiary/aromatic N) is 4. The molecule has 0 aliphatic carbocycles. The van der Waals surface area contributed by atoms with Crippen LogP contribution < -0.4 is 11.2 Å². The molecule has 0 aromatic heterocycles. The van der Waals surface area contributed by atoms with Crippen molar-refractivity contribution in [3.63, 3.8) is 0 Å². The summed E-state index contributed by atoms with van der Waals surface area (Å²) in [5.74, 6) is -3.23. The molecule has 0 aromatic carbocycles. The first-order chi connectivity index (χ1) is 25.4. The second-order valence-electron chi connectivity index (χ2n) is 14.2. The Labute approximate surface area is 320 Å². The van der Waals surface area contributed by atoms with Crippen LogP contribution in [0.5, 0.6) is 0 Å². The maximum atomic E-state index is 7.04. The fourth-order valence-corrected chi connectivity index (χ4v) is 6.06. The maximum Gasteiger partial charge on any atom is 0.340 e. The van der Waals surface area contributed by atoms with Gasteiger partial charge in [-0.3, -0.25) is 19.4 Å². The minimum Gasteiger partial charge on any atom is -0.368 e. The molecule has 0 spiro atoms. The van der Waals surface area contributed by atoms with E-state index in [-0.39, 0.29) is 5.96 Å². The normalized spacial score (nSPS) is 19.6. The van der Waals surface area contributed by atoms with Gasteiger partial charge in [0, 0.05) is 7.05 Å². The van der Waals surface area contributed by atoms with Crippen LogP contribution in [-0.4, -0.2) is 79.8 Å². The number of hydrogen-bond donors (Lipinski definition) is 2. The van der Waals surface area contributed by atoms with Crippen LogP contribution in [-0.2, 0) is 28.8 Å². The van der Waals surface area contributed by atoms with Crippen molar-refractivity contribution in [2.24, 2.45) is 10.7 Å². The molecule has 0 bridgehead atoms. The molecule has 0 fully saturated rings. The number of hydroxylamine groups is 7. The summed E-state index contributed by atoms with van der Waals surface area (Å²) < 4.78 is 13.8. The van der Waals surface area contributed by atoms with Gasteiger partial charge in [-0.05, 0) is 38.5 Å². The molecule has 310 valence electrons.